The molecule has 80 valence electrons. The Balaban J connectivity index is 1.71. The molecule has 0 amide bonds. The van der Waals surface area contributed by atoms with E-state index in [-0.39, 0.29) is 0 Å². The van der Waals surface area contributed by atoms with E-state index < -0.39 is 0 Å². The number of nitrogens with one attached hydrogen (secondary N) is 1. The molecule has 0 radical (unpaired) electrons. The van der Waals surface area contributed by atoms with E-state index in [1.807, 2.05) is 12.4 Å². The third-order valence-corrected chi connectivity index (χ3v) is 3.47. The second-order valence-electron chi connectivity index (χ2n) is 5.10. The van der Waals surface area contributed by atoms with Crippen molar-refractivity contribution in [2.24, 2.45) is 11.8 Å². The minimum atomic E-state index is 0.730. The van der Waals surface area contributed by atoms with Gasteiger partial charge in [0.15, 0.2) is 0 Å². The number of rotatable bonds is 4. The fourth-order valence-corrected chi connectivity index (χ4v) is 2.36. The zero-order valence-electron chi connectivity index (χ0n) is 9.24. The molecule has 0 unspecified atom stereocenters. The molecule has 2 fully saturated rings. The first-order chi connectivity index (χ1) is 7.33. The van der Waals surface area contributed by atoms with Crippen LogP contribution in [0.3, 0.4) is 0 Å². The van der Waals surface area contributed by atoms with Gasteiger partial charge in [-0.25, -0.2) is 0 Å². The van der Waals surface area contributed by atoms with Crippen LogP contribution in [0.2, 0.25) is 0 Å². The summed E-state index contributed by atoms with van der Waals surface area (Å²) in [5, 5.41) is 3.68. The molecule has 0 atom stereocenters. The minimum absolute atomic E-state index is 0.730. The fraction of sp³-hybridized carbons (Fsp3) is 0.615. The molecule has 0 spiro atoms. The van der Waals surface area contributed by atoms with Gasteiger partial charge in [-0.15, -0.1) is 0 Å². The van der Waals surface area contributed by atoms with Crippen LogP contribution in [-0.2, 0) is 0 Å². The predicted octanol–water partition coefficient (Wildman–Crippen LogP) is 2.99. The van der Waals surface area contributed by atoms with Gasteiger partial charge >= 0.3 is 0 Å². The molecule has 1 heterocycles. The van der Waals surface area contributed by atoms with E-state index in [9.17, 15) is 0 Å². The second kappa shape index (κ2) is 3.51. The molecule has 2 saturated carbocycles. The molecule has 15 heavy (non-hydrogen) atoms. The summed E-state index contributed by atoms with van der Waals surface area (Å²) in [4.78, 5) is 4.23. The first-order valence-corrected chi connectivity index (χ1v) is 6.01. The number of pyridine rings is 1. The molecule has 1 aromatic heterocycles. The average Bonchev–Trinajstić information content (AvgIpc) is 3.07. The SMILES string of the molecule is Cc1cncc(NC(C2CC2)C2CC2)c1. The highest BCUT2D eigenvalue weighted by atomic mass is 15.0. The van der Waals surface area contributed by atoms with Crippen LogP contribution in [0.4, 0.5) is 5.69 Å². The molecule has 2 aliphatic rings. The summed E-state index contributed by atoms with van der Waals surface area (Å²) < 4.78 is 0. The van der Waals surface area contributed by atoms with Crippen molar-refractivity contribution in [2.45, 2.75) is 38.6 Å². The Bertz CT molecular complexity index is 341. The highest BCUT2D eigenvalue weighted by molar-refractivity contribution is 5.44. The van der Waals surface area contributed by atoms with Gasteiger partial charge in [-0.1, -0.05) is 0 Å². The van der Waals surface area contributed by atoms with Crippen LogP contribution in [-0.4, -0.2) is 11.0 Å². The maximum absolute atomic E-state index is 4.23. The van der Waals surface area contributed by atoms with Crippen LogP contribution >= 0.6 is 0 Å². The van der Waals surface area contributed by atoms with E-state index in [2.05, 4.69) is 23.3 Å². The van der Waals surface area contributed by atoms with E-state index in [4.69, 9.17) is 0 Å². The summed E-state index contributed by atoms with van der Waals surface area (Å²) in [6, 6.07) is 2.93. The van der Waals surface area contributed by atoms with Crippen molar-refractivity contribution < 1.29 is 0 Å². The number of aromatic nitrogens is 1. The lowest BCUT2D eigenvalue weighted by Gasteiger charge is -2.18. The second-order valence-corrected chi connectivity index (χ2v) is 5.10. The summed E-state index contributed by atoms with van der Waals surface area (Å²) in [5.41, 5.74) is 2.45. The Kier molecular flexibility index (Phi) is 2.15. The van der Waals surface area contributed by atoms with E-state index in [0.29, 0.717) is 0 Å². The zero-order valence-corrected chi connectivity index (χ0v) is 9.24. The van der Waals surface area contributed by atoms with Crippen LogP contribution in [0.15, 0.2) is 18.5 Å². The summed E-state index contributed by atoms with van der Waals surface area (Å²) in [6.45, 7) is 2.10. The number of hydrogen-bond acceptors (Lipinski definition) is 2. The Morgan fingerprint density at radius 1 is 1.20 bits per heavy atom. The predicted molar refractivity (Wildman–Crippen MR) is 61.8 cm³/mol. The first kappa shape index (κ1) is 9.20. The van der Waals surface area contributed by atoms with E-state index in [1.165, 1.54) is 36.9 Å². The molecule has 0 bridgehead atoms. The van der Waals surface area contributed by atoms with Crippen molar-refractivity contribution in [3.8, 4) is 0 Å². The van der Waals surface area contributed by atoms with Gasteiger partial charge in [0.25, 0.3) is 0 Å². The largest absolute Gasteiger partial charge is 0.381 e. The Labute approximate surface area is 91.1 Å². The maximum atomic E-state index is 4.23. The van der Waals surface area contributed by atoms with Crippen molar-refractivity contribution in [3.63, 3.8) is 0 Å². The van der Waals surface area contributed by atoms with Crippen molar-refractivity contribution in [3.05, 3.63) is 24.0 Å². The van der Waals surface area contributed by atoms with Crippen molar-refractivity contribution in [1.29, 1.82) is 0 Å². The smallest absolute Gasteiger partial charge is 0.0531 e. The normalized spacial score (nSPS) is 20.7. The van der Waals surface area contributed by atoms with Gasteiger partial charge in [0.05, 0.1) is 5.69 Å². The molecule has 2 aliphatic carbocycles. The Morgan fingerprint density at radius 3 is 2.40 bits per heavy atom. The van der Waals surface area contributed by atoms with Gasteiger partial charge in [-0.3, -0.25) is 4.98 Å². The van der Waals surface area contributed by atoms with Crippen LogP contribution in [0.1, 0.15) is 31.2 Å². The molecule has 2 nitrogen and oxygen atoms in total. The molecule has 0 aliphatic heterocycles. The quantitative estimate of drug-likeness (QED) is 0.812. The highest BCUT2D eigenvalue weighted by Gasteiger charge is 2.41. The molecule has 0 aromatic carbocycles. The molecule has 3 rings (SSSR count). The number of anilines is 1. The zero-order chi connectivity index (χ0) is 10.3. The van der Waals surface area contributed by atoms with Crippen molar-refractivity contribution >= 4 is 5.69 Å². The highest BCUT2D eigenvalue weighted by Crippen LogP contribution is 2.45. The summed E-state index contributed by atoms with van der Waals surface area (Å²) in [6.07, 6.45) is 9.56. The third kappa shape index (κ3) is 2.14. The van der Waals surface area contributed by atoms with Gasteiger partial charge in [0.1, 0.15) is 0 Å². The number of aryl methyl sites for hydroxylation is 1. The van der Waals surface area contributed by atoms with Gasteiger partial charge < -0.3 is 5.32 Å². The lowest BCUT2D eigenvalue weighted by molar-refractivity contribution is 0.567. The van der Waals surface area contributed by atoms with Crippen LogP contribution in [0.5, 0.6) is 0 Å². The summed E-state index contributed by atoms with van der Waals surface area (Å²) in [5.74, 6) is 1.89. The van der Waals surface area contributed by atoms with Gasteiger partial charge in [-0.05, 0) is 56.1 Å². The van der Waals surface area contributed by atoms with Gasteiger partial charge in [0.2, 0.25) is 0 Å². The molecule has 2 heteroatoms. The number of hydrogen-bond donors (Lipinski definition) is 1. The monoisotopic (exact) mass is 202 g/mol. The first-order valence-electron chi connectivity index (χ1n) is 6.01. The molecule has 0 saturated heterocycles. The van der Waals surface area contributed by atoms with Gasteiger partial charge in [0, 0.05) is 18.4 Å². The maximum Gasteiger partial charge on any atom is 0.0531 e. The summed E-state index contributed by atoms with van der Waals surface area (Å²) in [7, 11) is 0. The standard InChI is InChI=1S/C13H18N2/c1-9-6-12(8-14-7-9)15-13(10-2-3-10)11-4-5-11/h6-8,10-11,13,15H,2-5H2,1H3. The topological polar surface area (TPSA) is 24.9 Å². The lowest BCUT2D eigenvalue weighted by atomic mass is 10.1. The van der Waals surface area contributed by atoms with E-state index >= 15 is 0 Å². The number of nitrogens with zero attached hydrogens (tertiary/aromatic N) is 1. The summed E-state index contributed by atoms with van der Waals surface area (Å²) >= 11 is 0. The van der Waals surface area contributed by atoms with E-state index in [0.717, 1.165) is 17.9 Å². The molecule has 1 aromatic rings. The van der Waals surface area contributed by atoms with Crippen LogP contribution < -0.4 is 5.32 Å². The lowest BCUT2D eigenvalue weighted by Crippen LogP contribution is -2.24. The van der Waals surface area contributed by atoms with Crippen LogP contribution in [0, 0.1) is 18.8 Å². The third-order valence-electron chi connectivity index (χ3n) is 3.47. The van der Waals surface area contributed by atoms with Crippen LogP contribution in [0.25, 0.3) is 0 Å². The average molecular weight is 202 g/mol. The Hall–Kier alpha value is -1.05. The molecular formula is C13H18N2. The minimum Gasteiger partial charge on any atom is -0.381 e. The fourth-order valence-electron chi connectivity index (χ4n) is 2.36. The molecular weight excluding hydrogens is 184 g/mol. The van der Waals surface area contributed by atoms with Gasteiger partial charge in [-0.2, -0.15) is 0 Å². The molecule has 1 N–H and O–H groups in total. The van der Waals surface area contributed by atoms with Crippen molar-refractivity contribution in [1.82, 2.24) is 4.98 Å². The van der Waals surface area contributed by atoms with Crippen molar-refractivity contribution in [2.75, 3.05) is 5.32 Å². The van der Waals surface area contributed by atoms with E-state index in [1.54, 1.807) is 0 Å². The Morgan fingerprint density at radius 2 is 1.87 bits per heavy atom.